The van der Waals surface area contributed by atoms with Gasteiger partial charge in [-0.15, -0.1) is 0 Å². The van der Waals surface area contributed by atoms with Gasteiger partial charge in [-0.05, 0) is 36.6 Å². The lowest BCUT2D eigenvalue weighted by Gasteiger charge is -2.33. The van der Waals surface area contributed by atoms with Crippen molar-refractivity contribution in [2.24, 2.45) is 5.14 Å². The number of amides is 1. The third kappa shape index (κ3) is 4.68. The Kier molecular flexibility index (Phi) is 6.54. The number of benzene rings is 3. The lowest BCUT2D eigenvalue weighted by molar-refractivity contribution is -0.121. The number of piperidine rings is 1. The van der Waals surface area contributed by atoms with Crippen LogP contribution in [0.1, 0.15) is 24.5 Å². The van der Waals surface area contributed by atoms with Gasteiger partial charge < -0.3 is 4.90 Å². The molecule has 1 amide bonds. The summed E-state index contributed by atoms with van der Waals surface area (Å²) in [6.45, 7) is 0.123. The number of rotatable bonds is 5. The van der Waals surface area contributed by atoms with Crippen LogP contribution in [0.25, 0.3) is 22.0 Å². The van der Waals surface area contributed by atoms with Crippen LogP contribution in [0.15, 0.2) is 82.6 Å². The fourth-order valence-electron chi connectivity index (χ4n) is 4.92. The fraction of sp³-hybridized carbons (Fsp3) is 0.185. The van der Waals surface area contributed by atoms with Gasteiger partial charge in [0.1, 0.15) is 9.79 Å². The van der Waals surface area contributed by atoms with E-state index in [2.05, 4.69) is 4.98 Å². The van der Waals surface area contributed by atoms with E-state index in [1.54, 1.807) is 54.6 Å². The van der Waals surface area contributed by atoms with Crippen LogP contribution in [0, 0.1) is 5.82 Å². The summed E-state index contributed by atoms with van der Waals surface area (Å²) in [4.78, 5) is 18.6. The van der Waals surface area contributed by atoms with Gasteiger partial charge in [-0.25, -0.2) is 26.4 Å². The molecule has 3 aromatic carbocycles. The second-order valence-corrected chi connectivity index (χ2v) is 12.7. The monoisotopic (exact) mass is 553 g/mol. The predicted octanol–water partition coefficient (Wildman–Crippen LogP) is 4.00. The Balaban J connectivity index is 1.64. The van der Waals surface area contributed by atoms with E-state index in [4.69, 9.17) is 5.14 Å². The standard InChI is InChI=1S/C27H24FN3O5S2/c1-37(33,34)26-19(17-8-3-2-4-9-17)13-14-22(24(26)28)31-15-7-11-20(27(31)32)25-23(38(29,35)36)16-18-10-5-6-12-21(18)30-25/h2-6,8-10,12-14,16,20H,7,11,15H2,1H3,(H2,29,35,36). The Morgan fingerprint density at radius 3 is 2.34 bits per heavy atom. The van der Waals surface area contributed by atoms with E-state index in [-0.39, 0.29) is 34.8 Å². The van der Waals surface area contributed by atoms with Gasteiger partial charge in [0.15, 0.2) is 15.7 Å². The van der Waals surface area contributed by atoms with Gasteiger partial charge in [0.05, 0.1) is 22.8 Å². The van der Waals surface area contributed by atoms with Crippen molar-refractivity contribution in [1.29, 1.82) is 0 Å². The number of hydrogen-bond donors (Lipinski definition) is 1. The Hall–Kier alpha value is -3.67. The van der Waals surface area contributed by atoms with Gasteiger partial charge in [0, 0.05) is 23.8 Å². The number of sulfonamides is 1. The first-order valence-electron chi connectivity index (χ1n) is 11.8. The van der Waals surface area contributed by atoms with Crippen molar-refractivity contribution in [3.05, 3.63) is 84.3 Å². The first-order valence-corrected chi connectivity index (χ1v) is 15.2. The van der Waals surface area contributed by atoms with Crippen LogP contribution in [0.2, 0.25) is 0 Å². The molecule has 0 bridgehead atoms. The molecule has 8 nitrogen and oxygen atoms in total. The summed E-state index contributed by atoms with van der Waals surface area (Å²) in [5.74, 6) is -2.65. The molecule has 0 spiro atoms. The Labute approximate surface area is 219 Å². The highest BCUT2D eigenvalue weighted by atomic mass is 32.2. The minimum atomic E-state index is -4.24. The highest BCUT2D eigenvalue weighted by Gasteiger charge is 2.37. The van der Waals surface area contributed by atoms with Gasteiger partial charge in [-0.3, -0.25) is 9.78 Å². The normalized spacial score (nSPS) is 16.7. The van der Waals surface area contributed by atoms with Crippen molar-refractivity contribution < 1.29 is 26.0 Å². The minimum Gasteiger partial charge on any atom is -0.309 e. The van der Waals surface area contributed by atoms with Gasteiger partial charge in [0.25, 0.3) is 0 Å². The number of para-hydroxylation sites is 1. The van der Waals surface area contributed by atoms with Gasteiger partial charge >= 0.3 is 0 Å². The van der Waals surface area contributed by atoms with E-state index in [1.807, 2.05) is 0 Å². The predicted molar refractivity (Wildman–Crippen MR) is 142 cm³/mol. The van der Waals surface area contributed by atoms with Gasteiger partial charge in [-0.1, -0.05) is 54.6 Å². The first-order chi connectivity index (χ1) is 18.0. The van der Waals surface area contributed by atoms with E-state index in [0.717, 1.165) is 11.2 Å². The summed E-state index contributed by atoms with van der Waals surface area (Å²) in [7, 11) is -8.27. The molecule has 1 aliphatic heterocycles. The molecule has 1 atom stereocenters. The average Bonchev–Trinajstić information content (AvgIpc) is 2.87. The topological polar surface area (TPSA) is 128 Å². The highest BCUT2D eigenvalue weighted by molar-refractivity contribution is 7.91. The molecule has 4 aromatic rings. The van der Waals surface area contributed by atoms with Crippen LogP contribution in [0.5, 0.6) is 0 Å². The van der Waals surface area contributed by atoms with E-state index in [9.17, 15) is 21.6 Å². The Morgan fingerprint density at radius 1 is 0.974 bits per heavy atom. The molecule has 1 unspecified atom stereocenters. The van der Waals surface area contributed by atoms with E-state index in [1.165, 1.54) is 18.2 Å². The van der Waals surface area contributed by atoms with Crippen LogP contribution in [-0.4, -0.2) is 40.5 Å². The lowest BCUT2D eigenvalue weighted by Crippen LogP contribution is -2.41. The third-order valence-electron chi connectivity index (χ3n) is 6.62. The van der Waals surface area contributed by atoms with Gasteiger partial charge in [-0.2, -0.15) is 0 Å². The summed E-state index contributed by atoms with van der Waals surface area (Å²) in [5, 5.41) is 6.03. The highest BCUT2D eigenvalue weighted by Crippen LogP contribution is 2.39. The van der Waals surface area contributed by atoms with E-state index in [0.29, 0.717) is 22.9 Å². The molecule has 196 valence electrons. The maximum atomic E-state index is 16.0. The van der Waals surface area contributed by atoms with E-state index < -0.39 is 42.4 Å². The van der Waals surface area contributed by atoms with Crippen molar-refractivity contribution in [3.8, 4) is 11.1 Å². The number of nitrogens with zero attached hydrogens (tertiary/aromatic N) is 2. The van der Waals surface area contributed by atoms with E-state index >= 15 is 4.39 Å². The maximum Gasteiger partial charge on any atom is 0.239 e. The lowest BCUT2D eigenvalue weighted by atomic mass is 9.92. The number of hydrogen-bond acceptors (Lipinski definition) is 6. The molecule has 0 radical (unpaired) electrons. The molecular weight excluding hydrogens is 529 g/mol. The molecule has 1 saturated heterocycles. The number of carbonyl (C=O) groups excluding carboxylic acids is 1. The summed E-state index contributed by atoms with van der Waals surface area (Å²) < 4.78 is 66.3. The number of halogens is 1. The number of primary sulfonamides is 1. The molecule has 0 aliphatic carbocycles. The van der Waals surface area contributed by atoms with Crippen LogP contribution >= 0.6 is 0 Å². The largest absolute Gasteiger partial charge is 0.309 e. The number of aromatic nitrogens is 1. The van der Waals surface area contributed by atoms with Crippen molar-refractivity contribution in [2.45, 2.75) is 28.6 Å². The van der Waals surface area contributed by atoms with Crippen molar-refractivity contribution in [1.82, 2.24) is 4.98 Å². The zero-order chi connectivity index (χ0) is 27.2. The first kappa shape index (κ1) is 26.0. The Bertz CT molecular complexity index is 1790. The quantitative estimate of drug-likeness (QED) is 0.398. The number of carbonyl (C=O) groups is 1. The van der Waals surface area contributed by atoms with Crippen LogP contribution < -0.4 is 10.0 Å². The zero-order valence-electron chi connectivity index (χ0n) is 20.3. The van der Waals surface area contributed by atoms with Crippen LogP contribution in [0.4, 0.5) is 10.1 Å². The number of pyridine rings is 1. The molecule has 1 aliphatic rings. The molecule has 1 aromatic heterocycles. The number of anilines is 1. The van der Waals surface area contributed by atoms with Crippen LogP contribution in [-0.2, 0) is 24.7 Å². The van der Waals surface area contributed by atoms with Crippen molar-refractivity contribution >= 4 is 42.4 Å². The number of fused-ring (bicyclic) bond motifs is 1. The number of sulfone groups is 1. The van der Waals surface area contributed by atoms with Gasteiger partial charge in [0.2, 0.25) is 15.9 Å². The molecule has 1 fully saturated rings. The fourth-order valence-corrected chi connectivity index (χ4v) is 6.70. The molecule has 2 N–H and O–H groups in total. The SMILES string of the molecule is CS(=O)(=O)c1c(-c2ccccc2)ccc(N2CCCC(c3nc4ccccc4cc3S(N)(=O)=O)C2=O)c1F. The number of nitrogens with two attached hydrogens (primary N) is 1. The van der Waals surface area contributed by atoms with Crippen molar-refractivity contribution in [3.63, 3.8) is 0 Å². The smallest absolute Gasteiger partial charge is 0.239 e. The third-order valence-corrected chi connectivity index (χ3v) is 8.70. The second-order valence-electron chi connectivity index (χ2n) is 9.21. The summed E-state index contributed by atoms with van der Waals surface area (Å²) in [6, 6.07) is 19.6. The molecule has 11 heteroatoms. The van der Waals surface area contributed by atoms with Crippen LogP contribution in [0.3, 0.4) is 0 Å². The zero-order valence-corrected chi connectivity index (χ0v) is 22.0. The molecular formula is C27H24FN3O5S2. The molecule has 2 heterocycles. The average molecular weight is 554 g/mol. The second kappa shape index (κ2) is 9.57. The molecule has 0 saturated carbocycles. The Morgan fingerprint density at radius 2 is 1.66 bits per heavy atom. The maximum absolute atomic E-state index is 16.0. The molecule has 5 rings (SSSR count). The molecule has 38 heavy (non-hydrogen) atoms. The summed E-state index contributed by atoms with van der Waals surface area (Å²) in [6.07, 6.45) is 1.59. The van der Waals surface area contributed by atoms with Crippen molar-refractivity contribution in [2.75, 3.05) is 17.7 Å². The minimum absolute atomic E-state index is 0.00875. The summed E-state index contributed by atoms with van der Waals surface area (Å²) >= 11 is 0. The summed E-state index contributed by atoms with van der Waals surface area (Å²) in [5.41, 5.74) is 0.975.